The number of anilines is 1. The third-order valence-corrected chi connectivity index (χ3v) is 4.36. The Morgan fingerprint density at radius 2 is 1.75 bits per heavy atom. The van der Waals surface area contributed by atoms with E-state index in [4.69, 9.17) is 0 Å². The molecule has 24 heavy (non-hydrogen) atoms. The smallest absolute Gasteiger partial charge is 0.255 e. The highest BCUT2D eigenvalue weighted by Crippen LogP contribution is 2.18. The van der Waals surface area contributed by atoms with Crippen LogP contribution in [-0.2, 0) is 17.1 Å². The molecular weight excluding hydrogens is 320 g/mol. The van der Waals surface area contributed by atoms with Gasteiger partial charge in [0.1, 0.15) is 0 Å². The molecule has 0 bridgehead atoms. The number of carbonyl (C=O) groups excluding carboxylic acids is 2. The van der Waals surface area contributed by atoms with E-state index in [0.717, 1.165) is 17.0 Å². The predicted octanol–water partition coefficient (Wildman–Crippen LogP) is 3.78. The average Bonchev–Trinajstić information content (AvgIpc) is 2.57. The summed E-state index contributed by atoms with van der Waals surface area (Å²) in [6.07, 6.45) is 2.05. The van der Waals surface area contributed by atoms with Crippen molar-refractivity contribution < 1.29 is 9.59 Å². The predicted molar refractivity (Wildman–Crippen MR) is 100 cm³/mol. The number of nitrogens with zero attached hydrogens (tertiary/aromatic N) is 1. The van der Waals surface area contributed by atoms with Crippen molar-refractivity contribution in [3.63, 3.8) is 0 Å². The number of thioether (sulfide) groups is 1. The van der Waals surface area contributed by atoms with Gasteiger partial charge in [0.05, 0.1) is 0 Å². The van der Waals surface area contributed by atoms with Gasteiger partial charge in [-0.1, -0.05) is 30.3 Å². The van der Waals surface area contributed by atoms with Crippen molar-refractivity contribution in [2.75, 3.05) is 18.6 Å². The minimum atomic E-state index is -0.149. The maximum atomic E-state index is 12.5. The molecular formula is C19H22N2O2S. The molecule has 0 spiro atoms. The normalized spacial score (nSPS) is 10.3. The Morgan fingerprint density at radius 1 is 1.08 bits per heavy atom. The third-order valence-electron chi connectivity index (χ3n) is 3.74. The molecule has 2 aromatic rings. The first kappa shape index (κ1) is 18.1. The van der Waals surface area contributed by atoms with Crippen LogP contribution in [-0.4, -0.2) is 30.0 Å². The highest BCUT2D eigenvalue weighted by Gasteiger charge is 2.11. The van der Waals surface area contributed by atoms with Gasteiger partial charge in [0.2, 0.25) is 5.91 Å². The molecule has 2 amide bonds. The number of hydrogen-bond donors (Lipinski definition) is 1. The fraction of sp³-hybridized carbons (Fsp3) is 0.263. The lowest BCUT2D eigenvalue weighted by atomic mass is 10.1. The van der Waals surface area contributed by atoms with E-state index in [1.807, 2.05) is 48.5 Å². The molecule has 2 aromatic carbocycles. The largest absolute Gasteiger partial charge is 0.342 e. The minimum absolute atomic E-state index is 0.0134. The molecule has 2 rings (SSSR count). The van der Waals surface area contributed by atoms with E-state index in [1.165, 1.54) is 12.5 Å². The van der Waals surface area contributed by atoms with Crippen molar-refractivity contribution in [2.24, 2.45) is 0 Å². The first-order valence-corrected chi connectivity index (χ1v) is 9.09. The number of amides is 2. The van der Waals surface area contributed by atoms with E-state index in [1.54, 1.807) is 23.7 Å². The molecule has 0 heterocycles. The van der Waals surface area contributed by atoms with Crippen molar-refractivity contribution >= 4 is 29.3 Å². The van der Waals surface area contributed by atoms with Crippen LogP contribution in [0.4, 0.5) is 5.69 Å². The van der Waals surface area contributed by atoms with E-state index in [0.29, 0.717) is 12.1 Å². The molecule has 4 nitrogen and oxygen atoms in total. The lowest BCUT2D eigenvalue weighted by Gasteiger charge is -2.18. The second-order valence-corrected chi connectivity index (χ2v) is 6.48. The SMILES string of the molecule is CSCc1ccc(C(=O)Nc2ccccc2CN(C)C(C)=O)cc1. The Morgan fingerprint density at radius 3 is 2.38 bits per heavy atom. The van der Waals surface area contributed by atoms with Crippen molar-refractivity contribution in [1.82, 2.24) is 4.90 Å². The van der Waals surface area contributed by atoms with Crippen LogP contribution >= 0.6 is 11.8 Å². The van der Waals surface area contributed by atoms with Crippen molar-refractivity contribution in [2.45, 2.75) is 19.2 Å². The van der Waals surface area contributed by atoms with E-state index in [-0.39, 0.29) is 11.8 Å². The van der Waals surface area contributed by atoms with Crippen molar-refractivity contribution in [3.8, 4) is 0 Å². The van der Waals surface area contributed by atoms with Crippen LogP contribution in [0.3, 0.4) is 0 Å². The average molecular weight is 342 g/mol. The zero-order chi connectivity index (χ0) is 17.5. The standard InChI is InChI=1S/C19H22N2O2S/c1-14(22)21(2)12-17-6-4-5-7-18(17)20-19(23)16-10-8-15(9-11-16)13-24-3/h4-11H,12-13H2,1-3H3,(H,20,23). The summed E-state index contributed by atoms with van der Waals surface area (Å²) >= 11 is 1.75. The zero-order valence-corrected chi connectivity index (χ0v) is 15.0. The minimum Gasteiger partial charge on any atom is -0.342 e. The van der Waals surface area contributed by atoms with Gasteiger partial charge in [-0.05, 0) is 35.6 Å². The van der Waals surface area contributed by atoms with E-state index in [9.17, 15) is 9.59 Å². The highest BCUT2D eigenvalue weighted by atomic mass is 32.2. The lowest BCUT2D eigenvalue weighted by Crippen LogP contribution is -2.24. The molecule has 0 aromatic heterocycles. The summed E-state index contributed by atoms with van der Waals surface area (Å²) in [5.41, 5.74) is 3.45. The number of para-hydroxylation sites is 1. The van der Waals surface area contributed by atoms with E-state index >= 15 is 0 Å². The Kier molecular flexibility index (Phi) is 6.44. The molecule has 126 valence electrons. The number of hydrogen-bond acceptors (Lipinski definition) is 3. The molecule has 0 atom stereocenters. The highest BCUT2D eigenvalue weighted by molar-refractivity contribution is 7.97. The summed E-state index contributed by atoms with van der Waals surface area (Å²) in [5, 5.41) is 2.94. The third kappa shape index (κ3) is 4.86. The number of rotatable bonds is 6. The second kappa shape index (κ2) is 8.55. The van der Waals surface area contributed by atoms with Gasteiger partial charge in [-0.2, -0.15) is 11.8 Å². The van der Waals surface area contributed by atoms with Crippen LogP contribution in [0, 0.1) is 0 Å². The summed E-state index contributed by atoms with van der Waals surface area (Å²) in [5.74, 6) is 0.770. The van der Waals surface area contributed by atoms with Gasteiger partial charge in [-0.25, -0.2) is 0 Å². The Bertz CT molecular complexity index is 714. The summed E-state index contributed by atoms with van der Waals surface area (Å²) < 4.78 is 0. The van der Waals surface area contributed by atoms with Crippen LogP contribution in [0.1, 0.15) is 28.4 Å². The maximum Gasteiger partial charge on any atom is 0.255 e. The van der Waals surface area contributed by atoms with Crippen LogP contribution < -0.4 is 5.32 Å². The summed E-state index contributed by atoms with van der Waals surface area (Å²) in [7, 11) is 1.74. The second-order valence-electron chi connectivity index (χ2n) is 5.62. The summed E-state index contributed by atoms with van der Waals surface area (Å²) in [4.78, 5) is 25.5. The van der Waals surface area contributed by atoms with E-state index in [2.05, 4.69) is 11.6 Å². The first-order valence-electron chi connectivity index (χ1n) is 7.70. The topological polar surface area (TPSA) is 49.4 Å². The van der Waals surface area contributed by atoms with Crippen LogP contribution in [0.15, 0.2) is 48.5 Å². The fourth-order valence-corrected chi connectivity index (χ4v) is 2.79. The summed E-state index contributed by atoms with van der Waals surface area (Å²) in [6, 6.07) is 15.2. The molecule has 0 unspecified atom stereocenters. The number of benzene rings is 2. The number of carbonyl (C=O) groups is 2. The molecule has 5 heteroatoms. The Labute approximate surface area is 147 Å². The van der Waals surface area contributed by atoms with Crippen molar-refractivity contribution in [1.29, 1.82) is 0 Å². The fourth-order valence-electron chi connectivity index (χ4n) is 2.26. The Balaban J connectivity index is 2.12. The molecule has 0 saturated heterocycles. The van der Waals surface area contributed by atoms with Crippen molar-refractivity contribution in [3.05, 3.63) is 65.2 Å². The monoisotopic (exact) mass is 342 g/mol. The lowest BCUT2D eigenvalue weighted by molar-refractivity contribution is -0.128. The van der Waals surface area contributed by atoms with Gasteiger partial charge in [-0.15, -0.1) is 0 Å². The molecule has 0 aliphatic heterocycles. The van der Waals surface area contributed by atoms with E-state index < -0.39 is 0 Å². The Hall–Kier alpha value is -2.27. The molecule has 0 radical (unpaired) electrons. The quantitative estimate of drug-likeness (QED) is 0.869. The number of nitrogens with one attached hydrogen (secondary N) is 1. The van der Waals surface area contributed by atoms with Gasteiger partial charge in [0, 0.05) is 37.5 Å². The molecule has 0 fully saturated rings. The van der Waals surface area contributed by atoms with Gasteiger partial charge in [0.15, 0.2) is 0 Å². The van der Waals surface area contributed by atoms with Gasteiger partial charge < -0.3 is 10.2 Å². The molecule has 0 aliphatic rings. The van der Waals surface area contributed by atoms with Gasteiger partial charge >= 0.3 is 0 Å². The maximum absolute atomic E-state index is 12.5. The molecule has 1 N–H and O–H groups in total. The zero-order valence-electron chi connectivity index (χ0n) is 14.2. The van der Waals surface area contributed by atoms with Crippen LogP contribution in [0.25, 0.3) is 0 Å². The first-order chi connectivity index (χ1) is 11.5. The van der Waals surface area contributed by atoms with Gasteiger partial charge in [0.25, 0.3) is 5.91 Å². The molecule has 0 saturated carbocycles. The summed E-state index contributed by atoms with van der Waals surface area (Å²) in [6.45, 7) is 1.98. The van der Waals surface area contributed by atoms with Gasteiger partial charge in [-0.3, -0.25) is 9.59 Å². The van der Waals surface area contributed by atoms with Crippen LogP contribution in [0.2, 0.25) is 0 Å². The molecule has 0 aliphatic carbocycles. The van der Waals surface area contributed by atoms with Crippen LogP contribution in [0.5, 0.6) is 0 Å².